The molecule has 1 saturated heterocycles. The Labute approximate surface area is 108 Å². The predicted octanol–water partition coefficient (Wildman–Crippen LogP) is 3.13. The van der Waals surface area contributed by atoms with Crippen LogP contribution >= 0.6 is 0 Å². The van der Waals surface area contributed by atoms with Crippen molar-refractivity contribution < 1.29 is 9.18 Å². The molecule has 0 spiro atoms. The molecule has 1 heterocycles. The van der Waals surface area contributed by atoms with Gasteiger partial charge in [-0.15, -0.1) is 0 Å². The fourth-order valence-electron chi connectivity index (χ4n) is 2.63. The van der Waals surface area contributed by atoms with Gasteiger partial charge >= 0.3 is 0 Å². The van der Waals surface area contributed by atoms with Crippen LogP contribution in [-0.4, -0.2) is 30.3 Å². The summed E-state index contributed by atoms with van der Waals surface area (Å²) in [5, 5.41) is 0. The first-order valence-electron chi connectivity index (χ1n) is 6.70. The van der Waals surface area contributed by atoms with Crippen LogP contribution in [0, 0.1) is 11.7 Å². The lowest BCUT2D eigenvalue weighted by Gasteiger charge is -2.14. The molecule has 1 fully saturated rings. The Balaban J connectivity index is 1.87. The monoisotopic (exact) mass is 249 g/mol. The highest BCUT2D eigenvalue weighted by molar-refractivity contribution is 5.97. The van der Waals surface area contributed by atoms with E-state index < -0.39 is 0 Å². The van der Waals surface area contributed by atoms with Gasteiger partial charge in [-0.1, -0.05) is 13.3 Å². The lowest BCUT2D eigenvalue weighted by molar-refractivity contribution is 0.0943. The topological polar surface area (TPSA) is 20.3 Å². The molecule has 0 aromatic heterocycles. The number of hydrogen-bond donors (Lipinski definition) is 0. The lowest BCUT2D eigenvalue weighted by atomic mass is 10.0. The smallest absolute Gasteiger partial charge is 0.176 e. The Morgan fingerprint density at radius 2 is 2.11 bits per heavy atom. The summed E-state index contributed by atoms with van der Waals surface area (Å²) in [4.78, 5) is 14.2. The third-order valence-electron chi connectivity index (χ3n) is 3.60. The maximum atomic E-state index is 12.8. The van der Waals surface area contributed by atoms with Gasteiger partial charge in [0.2, 0.25) is 0 Å². The zero-order valence-corrected chi connectivity index (χ0v) is 10.9. The number of likely N-dealkylation sites (tertiary alicyclic amines) is 1. The third-order valence-corrected chi connectivity index (χ3v) is 3.60. The van der Waals surface area contributed by atoms with Crippen LogP contribution in [0.3, 0.4) is 0 Å². The van der Waals surface area contributed by atoms with Gasteiger partial charge in [0, 0.05) is 12.1 Å². The number of nitrogens with zero attached hydrogens (tertiary/aromatic N) is 1. The van der Waals surface area contributed by atoms with E-state index in [1.807, 2.05) is 0 Å². The molecule has 98 valence electrons. The Morgan fingerprint density at radius 3 is 2.78 bits per heavy atom. The van der Waals surface area contributed by atoms with Gasteiger partial charge in [-0.2, -0.15) is 0 Å². The second kappa shape index (κ2) is 6.10. The van der Waals surface area contributed by atoms with E-state index in [9.17, 15) is 9.18 Å². The van der Waals surface area contributed by atoms with Gasteiger partial charge in [0.1, 0.15) is 5.82 Å². The van der Waals surface area contributed by atoms with Gasteiger partial charge < -0.3 is 0 Å². The molecule has 0 saturated carbocycles. The highest BCUT2D eigenvalue weighted by Crippen LogP contribution is 2.20. The van der Waals surface area contributed by atoms with E-state index in [4.69, 9.17) is 0 Å². The average molecular weight is 249 g/mol. The predicted molar refractivity (Wildman–Crippen MR) is 70.2 cm³/mol. The van der Waals surface area contributed by atoms with Crippen molar-refractivity contribution in [2.75, 3.05) is 19.6 Å². The summed E-state index contributed by atoms with van der Waals surface area (Å²) in [5.74, 6) is 0.541. The van der Waals surface area contributed by atoms with Crippen molar-refractivity contribution in [1.29, 1.82) is 0 Å². The number of carbonyl (C=O) groups excluding carboxylic acids is 1. The molecule has 3 heteroatoms. The molecule has 0 bridgehead atoms. The van der Waals surface area contributed by atoms with Crippen molar-refractivity contribution in [1.82, 2.24) is 4.90 Å². The van der Waals surface area contributed by atoms with Crippen LogP contribution in [-0.2, 0) is 0 Å². The van der Waals surface area contributed by atoms with Gasteiger partial charge in [0.25, 0.3) is 0 Å². The zero-order chi connectivity index (χ0) is 13.0. The maximum absolute atomic E-state index is 12.8. The van der Waals surface area contributed by atoms with Crippen LogP contribution in [0.4, 0.5) is 4.39 Å². The van der Waals surface area contributed by atoms with Crippen molar-refractivity contribution in [3.63, 3.8) is 0 Å². The van der Waals surface area contributed by atoms with Crippen LogP contribution in [0.5, 0.6) is 0 Å². The normalized spacial score (nSPS) is 20.2. The largest absolute Gasteiger partial charge is 0.296 e. The second-order valence-corrected chi connectivity index (χ2v) is 5.11. The Bertz CT molecular complexity index is 401. The SMILES string of the molecule is CCCC1CCN(CC(=O)c2ccc(F)cc2)C1. The minimum Gasteiger partial charge on any atom is -0.296 e. The zero-order valence-electron chi connectivity index (χ0n) is 10.9. The molecule has 0 aliphatic carbocycles. The van der Waals surface area contributed by atoms with Gasteiger partial charge in [-0.25, -0.2) is 4.39 Å². The molecule has 1 unspecified atom stereocenters. The third kappa shape index (κ3) is 3.39. The number of Topliss-reactive ketones (excluding diaryl/α,β-unsaturated/α-hetero) is 1. The van der Waals surface area contributed by atoms with Crippen molar-refractivity contribution in [3.8, 4) is 0 Å². The summed E-state index contributed by atoms with van der Waals surface area (Å²) in [6.07, 6.45) is 3.66. The van der Waals surface area contributed by atoms with E-state index in [0.29, 0.717) is 12.1 Å². The number of hydrogen-bond acceptors (Lipinski definition) is 2. The van der Waals surface area contributed by atoms with Crippen LogP contribution in [0.25, 0.3) is 0 Å². The number of ketones is 1. The van der Waals surface area contributed by atoms with Gasteiger partial charge in [0.15, 0.2) is 5.78 Å². The molecule has 0 amide bonds. The minimum atomic E-state index is -0.296. The summed E-state index contributed by atoms with van der Waals surface area (Å²) >= 11 is 0. The van der Waals surface area contributed by atoms with E-state index in [-0.39, 0.29) is 11.6 Å². The molecule has 0 radical (unpaired) electrons. The van der Waals surface area contributed by atoms with Gasteiger partial charge in [-0.3, -0.25) is 9.69 Å². The van der Waals surface area contributed by atoms with E-state index in [1.54, 1.807) is 12.1 Å². The summed E-state index contributed by atoms with van der Waals surface area (Å²) < 4.78 is 12.8. The van der Waals surface area contributed by atoms with Crippen molar-refractivity contribution >= 4 is 5.78 Å². The van der Waals surface area contributed by atoms with E-state index in [1.165, 1.54) is 31.4 Å². The van der Waals surface area contributed by atoms with E-state index in [0.717, 1.165) is 19.0 Å². The van der Waals surface area contributed by atoms with Crippen molar-refractivity contribution in [3.05, 3.63) is 35.6 Å². The number of halogens is 1. The molecule has 0 N–H and O–H groups in total. The fraction of sp³-hybridized carbons (Fsp3) is 0.533. The summed E-state index contributed by atoms with van der Waals surface area (Å²) in [6, 6.07) is 5.82. The lowest BCUT2D eigenvalue weighted by Crippen LogP contribution is -2.27. The number of carbonyl (C=O) groups is 1. The Kier molecular flexibility index (Phi) is 4.48. The van der Waals surface area contributed by atoms with Gasteiger partial charge in [0.05, 0.1) is 6.54 Å². The number of benzene rings is 1. The molecule has 2 rings (SSSR count). The van der Waals surface area contributed by atoms with Crippen LogP contribution < -0.4 is 0 Å². The average Bonchev–Trinajstić information content (AvgIpc) is 2.78. The van der Waals surface area contributed by atoms with E-state index >= 15 is 0 Å². The molecule has 1 aliphatic heterocycles. The molecule has 1 aromatic carbocycles. The van der Waals surface area contributed by atoms with Crippen LogP contribution in [0.15, 0.2) is 24.3 Å². The quantitative estimate of drug-likeness (QED) is 0.747. The standard InChI is InChI=1S/C15H20FNO/c1-2-3-12-8-9-17(10-12)11-15(18)13-4-6-14(16)7-5-13/h4-7,12H,2-3,8-11H2,1H3. The minimum absolute atomic E-state index is 0.0900. The second-order valence-electron chi connectivity index (χ2n) is 5.11. The maximum Gasteiger partial charge on any atom is 0.176 e. The highest BCUT2D eigenvalue weighted by atomic mass is 19.1. The number of rotatable bonds is 5. The molecule has 1 atom stereocenters. The molecule has 1 aliphatic rings. The van der Waals surface area contributed by atoms with Crippen molar-refractivity contribution in [2.24, 2.45) is 5.92 Å². The first kappa shape index (κ1) is 13.2. The molecule has 1 aromatic rings. The van der Waals surface area contributed by atoms with Crippen molar-refractivity contribution in [2.45, 2.75) is 26.2 Å². The van der Waals surface area contributed by atoms with E-state index in [2.05, 4.69) is 11.8 Å². The summed E-state index contributed by atoms with van der Waals surface area (Å²) in [5.41, 5.74) is 0.607. The first-order chi connectivity index (χ1) is 8.69. The van der Waals surface area contributed by atoms with Gasteiger partial charge in [-0.05, 0) is 49.6 Å². The molecular weight excluding hydrogens is 229 g/mol. The summed E-state index contributed by atoms with van der Waals surface area (Å²) in [6.45, 7) is 4.70. The molecular formula is C15H20FNO. The Morgan fingerprint density at radius 1 is 1.39 bits per heavy atom. The Hall–Kier alpha value is -1.22. The fourth-order valence-corrected chi connectivity index (χ4v) is 2.63. The summed E-state index contributed by atoms with van der Waals surface area (Å²) in [7, 11) is 0. The molecule has 2 nitrogen and oxygen atoms in total. The van der Waals surface area contributed by atoms with Crippen LogP contribution in [0.1, 0.15) is 36.5 Å². The molecule has 18 heavy (non-hydrogen) atoms. The highest BCUT2D eigenvalue weighted by Gasteiger charge is 2.23. The van der Waals surface area contributed by atoms with Crippen LogP contribution in [0.2, 0.25) is 0 Å². The first-order valence-corrected chi connectivity index (χ1v) is 6.70.